The average Bonchev–Trinajstić information content (AvgIpc) is 2.49. The lowest BCUT2D eigenvalue weighted by Crippen LogP contribution is -2.22. The predicted molar refractivity (Wildman–Crippen MR) is 92.3 cm³/mol. The van der Waals surface area contributed by atoms with Crippen LogP contribution >= 0.6 is 27.5 Å². The molecular formula is C17H19BrClNO. The normalized spacial score (nSPS) is 12.2. The van der Waals surface area contributed by atoms with Crippen LogP contribution in [0.3, 0.4) is 0 Å². The largest absolute Gasteiger partial charge is 0.494 e. The van der Waals surface area contributed by atoms with E-state index in [1.54, 1.807) is 0 Å². The summed E-state index contributed by atoms with van der Waals surface area (Å²) in [6.07, 6.45) is 0. The quantitative estimate of drug-likeness (QED) is 0.756. The van der Waals surface area contributed by atoms with Crippen LogP contribution in [0.15, 0.2) is 46.9 Å². The molecule has 21 heavy (non-hydrogen) atoms. The minimum atomic E-state index is 0.0654. The van der Waals surface area contributed by atoms with Crippen LogP contribution in [-0.4, -0.2) is 13.2 Å². The van der Waals surface area contributed by atoms with E-state index in [0.717, 1.165) is 27.4 Å². The number of nitrogens with one attached hydrogen (secondary N) is 1. The fraction of sp³-hybridized carbons (Fsp3) is 0.294. The third-order valence-corrected chi connectivity index (χ3v) is 4.04. The maximum Gasteiger partial charge on any atom is 0.119 e. The summed E-state index contributed by atoms with van der Waals surface area (Å²) in [4.78, 5) is 0. The van der Waals surface area contributed by atoms with Crippen LogP contribution in [0.4, 0.5) is 0 Å². The van der Waals surface area contributed by atoms with Gasteiger partial charge in [-0.05, 0) is 54.9 Å². The zero-order valence-corrected chi connectivity index (χ0v) is 14.5. The van der Waals surface area contributed by atoms with Gasteiger partial charge < -0.3 is 10.1 Å². The fourth-order valence-electron chi connectivity index (χ4n) is 2.27. The van der Waals surface area contributed by atoms with Gasteiger partial charge >= 0.3 is 0 Å². The van der Waals surface area contributed by atoms with E-state index in [4.69, 9.17) is 16.3 Å². The lowest BCUT2D eigenvalue weighted by Gasteiger charge is -2.21. The lowest BCUT2D eigenvalue weighted by atomic mass is 9.98. The number of hydrogen-bond donors (Lipinski definition) is 1. The standard InChI is InChI=1S/C17H19BrClNO/c1-3-20-17(15-11-13(18)7-10-16(15)19)12-5-8-14(9-6-12)21-4-2/h5-11,17,20H,3-4H2,1-2H3. The topological polar surface area (TPSA) is 21.3 Å². The summed E-state index contributed by atoms with van der Waals surface area (Å²) < 4.78 is 6.52. The van der Waals surface area contributed by atoms with Gasteiger partial charge in [0.05, 0.1) is 12.6 Å². The van der Waals surface area contributed by atoms with Crippen LogP contribution in [0, 0.1) is 0 Å². The van der Waals surface area contributed by atoms with Crippen molar-refractivity contribution in [3.8, 4) is 5.75 Å². The van der Waals surface area contributed by atoms with Crippen LogP contribution in [-0.2, 0) is 0 Å². The maximum absolute atomic E-state index is 6.37. The van der Waals surface area contributed by atoms with Gasteiger partial charge in [0.15, 0.2) is 0 Å². The van der Waals surface area contributed by atoms with Crippen molar-refractivity contribution >= 4 is 27.5 Å². The Kier molecular flexibility index (Phi) is 6.09. The molecule has 0 heterocycles. The molecule has 1 unspecified atom stereocenters. The second-order valence-corrected chi connectivity index (χ2v) is 5.98. The Morgan fingerprint density at radius 2 is 1.86 bits per heavy atom. The lowest BCUT2D eigenvalue weighted by molar-refractivity contribution is 0.340. The minimum absolute atomic E-state index is 0.0654. The maximum atomic E-state index is 6.37. The van der Waals surface area contributed by atoms with Crippen molar-refractivity contribution in [1.82, 2.24) is 5.32 Å². The number of halogens is 2. The number of benzene rings is 2. The summed E-state index contributed by atoms with van der Waals surface area (Å²) in [6, 6.07) is 14.1. The smallest absolute Gasteiger partial charge is 0.119 e. The van der Waals surface area contributed by atoms with Crippen LogP contribution in [0.25, 0.3) is 0 Å². The average molecular weight is 369 g/mol. The highest BCUT2D eigenvalue weighted by molar-refractivity contribution is 9.10. The van der Waals surface area contributed by atoms with Crippen LogP contribution in [0.1, 0.15) is 31.0 Å². The Morgan fingerprint density at radius 3 is 2.48 bits per heavy atom. The van der Waals surface area contributed by atoms with Gasteiger partial charge in [-0.25, -0.2) is 0 Å². The molecule has 0 saturated carbocycles. The molecule has 0 aliphatic carbocycles. The summed E-state index contributed by atoms with van der Waals surface area (Å²) in [5.74, 6) is 0.886. The molecule has 4 heteroatoms. The monoisotopic (exact) mass is 367 g/mol. The van der Waals surface area contributed by atoms with Crippen molar-refractivity contribution in [3.63, 3.8) is 0 Å². The molecule has 1 atom stereocenters. The van der Waals surface area contributed by atoms with Gasteiger partial charge in [-0.3, -0.25) is 0 Å². The molecule has 0 amide bonds. The summed E-state index contributed by atoms with van der Waals surface area (Å²) >= 11 is 9.89. The van der Waals surface area contributed by atoms with Crippen molar-refractivity contribution < 1.29 is 4.74 Å². The first-order chi connectivity index (χ1) is 10.2. The van der Waals surface area contributed by atoms with Crippen LogP contribution in [0.2, 0.25) is 5.02 Å². The highest BCUT2D eigenvalue weighted by atomic mass is 79.9. The molecule has 0 fully saturated rings. The molecule has 0 bridgehead atoms. The summed E-state index contributed by atoms with van der Waals surface area (Å²) in [5.41, 5.74) is 2.23. The number of hydrogen-bond acceptors (Lipinski definition) is 2. The number of rotatable bonds is 6. The second-order valence-electron chi connectivity index (χ2n) is 4.66. The molecule has 2 aromatic rings. The van der Waals surface area contributed by atoms with Gasteiger partial charge in [0.2, 0.25) is 0 Å². The first kappa shape index (κ1) is 16.3. The summed E-state index contributed by atoms with van der Waals surface area (Å²) in [7, 11) is 0. The van der Waals surface area contributed by atoms with E-state index < -0.39 is 0 Å². The Hall–Kier alpha value is -1.03. The van der Waals surface area contributed by atoms with Crippen LogP contribution < -0.4 is 10.1 Å². The third-order valence-electron chi connectivity index (χ3n) is 3.20. The fourth-order valence-corrected chi connectivity index (χ4v) is 2.88. The molecular weight excluding hydrogens is 350 g/mol. The number of ether oxygens (including phenoxy) is 1. The van der Waals surface area contributed by atoms with Crippen molar-refractivity contribution in [2.75, 3.05) is 13.2 Å². The Labute approximate surface area is 139 Å². The third kappa shape index (κ3) is 4.22. The van der Waals surface area contributed by atoms with Crippen molar-refractivity contribution in [3.05, 3.63) is 63.1 Å². The van der Waals surface area contributed by atoms with E-state index in [2.05, 4.69) is 46.4 Å². The molecule has 0 aliphatic rings. The van der Waals surface area contributed by atoms with E-state index in [9.17, 15) is 0 Å². The predicted octanol–water partition coefficient (Wildman–Crippen LogP) is 5.20. The Balaban J connectivity index is 2.35. The second kappa shape index (κ2) is 7.83. The molecule has 0 aliphatic heterocycles. The zero-order chi connectivity index (χ0) is 15.2. The Bertz CT molecular complexity index is 586. The van der Waals surface area contributed by atoms with E-state index in [-0.39, 0.29) is 6.04 Å². The van der Waals surface area contributed by atoms with E-state index >= 15 is 0 Å². The summed E-state index contributed by atoms with van der Waals surface area (Å²) in [6.45, 7) is 5.61. The van der Waals surface area contributed by atoms with Gasteiger partial charge in [-0.15, -0.1) is 0 Å². The SMILES string of the molecule is CCNC(c1ccc(OCC)cc1)c1cc(Br)ccc1Cl. The molecule has 112 valence electrons. The molecule has 2 aromatic carbocycles. The first-order valence-corrected chi connectivity index (χ1v) is 8.23. The van der Waals surface area contributed by atoms with Crippen LogP contribution in [0.5, 0.6) is 5.75 Å². The van der Waals surface area contributed by atoms with Crippen molar-refractivity contribution in [1.29, 1.82) is 0 Å². The molecule has 0 radical (unpaired) electrons. The highest BCUT2D eigenvalue weighted by Crippen LogP contribution is 2.31. The van der Waals surface area contributed by atoms with Gasteiger partial charge in [0.1, 0.15) is 5.75 Å². The highest BCUT2D eigenvalue weighted by Gasteiger charge is 2.16. The molecule has 2 nitrogen and oxygen atoms in total. The molecule has 0 aromatic heterocycles. The molecule has 0 spiro atoms. The Morgan fingerprint density at radius 1 is 1.14 bits per heavy atom. The van der Waals surface area contributed by atoms with Crippen molar-refractivity contribution in [2.45, 2.75) is 19.9 Å². The van der Waals surface area contributed by atoms with Gasteiger partial charge in [0, 0.05) is 9.50 Å². The van der Waals surface area contributed by atoms with E-state index in [1.165, 1.54) is 5.56 Å². The zero-order valence-electron chi connectivity index (χ0n) is 12.2. The molecule has 2 rings (SSSR count). The molecule has 0 saturated heterocycles. The van der Waals surface area contributed by atoms with E-state index in [1.807, 2.05) is 31.2 Å². The van der Waals surface area contributed by atoms with Gasteiger partial charge in [-0.2, -0.15) is 0 Å². The minimum Gasteiger partial charge on any atom is -0.494 e. The first-order valence-electron chi connectivity index (χ1n) is 7.06. The molecule has 1 N–H and O–H groups in total. The van der Waals surface area contributed by atoms with Gasteiger partial charge in [-0.1, -0.05) is 46.6 Å². The summed E-state index contributed by atoms with van der Waals surface area (Å²) in [5, 5.41) is 4.25. The van der Waals surface area contributed by atoms with Crippen molar-refractivity contribution in [2.24, 2.45) is 0 Å². The van der Waals surface area contributed by atoms with Gasteiger partial charge in [0.25, 0.3) is 0 Å². The van der Waals surface area contributed by atoms with E-state index in [0.29, 0.717) is 6.61 Å².